The Hall–Kier alpha value is -0.870. The van der Waals surface area contributed by atoms with Crippen LogP contribution in [0.3, 0.4) is 0 Å². The summed E-state index contributed by atoms with van der Waals surface area (Å²) < 4.78 is 2.29. The lowest BCUT2D eigenvalue weighted by atomic mass is 9.84. The highest BCUT2D eigenvalue weighted by atomic mass is 15.2. The molecule has 1 aromatic heterocycles. The normalized spacial score (nSPS) is 29.6. The van der Waals surface area contributed by atoms with E-state index >= 15 is 0 Å². The lowest BCUT2D eigenvalue weighted by Crippen LogP contribution is -2.46. The van der Waals surface area contributed by atoms with Gasteiger partial charge >= 0.3 is 0 Å². The maximum atomic E-state index is 4.47. The largest absolute Gasteiger partial charge is 0.333 e. The summed E-state index contributed by atoms with van der Waals surface area (Å²) in [6, 6.07) is 0.661. The number of rotatable bonds is 4. The molecule has 2 heterocycles. The Morgan fingerprint density at radius 1 is 1.40 bits per heavy atom. The van der Waals surface area contributed by atoms with Crippen LogP contribution in [0.4, 0.5) is 0 Å². The van der Waals surface area contributed by atoms with E-state index in [1.54, 1.807) is 0 Å². The zero-order valence-corrected chi connectivity index (χ0v) is 13.1. The van der Waals surface area contributed by atoms with Gasteiger partial charge in [-0.05, 0) is 30.7 Å². The topological polar surface area (TPSA) is 33.1 Å². The molecule has 2 aliphatic rings. The smallest absolute Gasteiger partial charge is 0.122 e. The summed E-state index contributed by atoms with van der Waals surface area (Å²) in [6.45, 7) is 12.6. The van der Waals surface area contributed by atoms with Gasteiger partial charge in [-0.3, -0.25) is 4.90 Å². The molecule has 112 valence electrons. The van der Waals surface area contributed by atoms with E-state index in [0.29, 0.717) is 11.5 Å². The van der Waals surface area contributed by atoms with Crippen LogP contribution in [0.2, 0.25) is 0 Å². The molecule has 0 bridgehead atoms. The van der Waals surface area contributed by atoms with Gasteiger partial charge in [-0.1, -0.05) is 20.8 Å². The highest BCUT2D eigenvalue weighted by Gasteiger charge is 2.41. The van der Waals surface area contributed by atoms with E-state index < -0.39 is 0 Å². The number of hydrogen-bond donors (Lipinski definition) is 1. The molecule has 0 spiro atoms. The molecule has 20 heavy (non-hydrogen) atoms. The fraction of sp³-hybridized carbons (Fsp3) is 0.812. The summed E-state index contributed by atoms with van der Waals surface area (Å²) in [5.74, 6) is 2.01. The first-order valence-electron chi connectivity index (χ1n) is 8.06. The fourth-order valence-corrected chi connectivity index (χ4v) is 4.09. The molecule has 1 fully saturated rings. The van der Waals surface area contributed by atoms with Crippen LogP contribution < -0.4 is 5.32 Å². The molecule has 1 saturated carbocycles. The number of aromatic nitrogens is 2. The van der Waals surface area contributed by atoms with E-state index in [2.05, 4.69) is 46.7 Å². The average Bonchev–Trinajstić information content (AvgIpc) is 2.97. The molecule has 1 aliphatic carbocycles. The van der Waals surface area contributed by atoms with E-state index in [4.69, 9.17) is 0 Å². The standard InChI is InChI=1S/C16H28N4/c1-4-17-15-13(5-6-16(15,2)3)11-19-9-10-20-8-7-18-14(20)12-19/h7-8,13,15,17H,4-6,9-12H2,1-3H3. The van der Waals surface area contributed by atoms with Crippen LogP contribution in [0, 0.1) is 11.3 Å². The first kappa shape index (κ1) is 14.1. The number of fused-ring (bicyclic) bond motifs is 1. The van der Waals surface area contributed by atoms with Crippen molar-refractivity contribution < 1.29 is 0 Å². The van der Waals surface area contributed by atoms with Crippen LogP contribution >= 0.6 is 0 Å². The minimum Gasteiger partial charge on any atom is -0.333 e. The molecule has 0 radical (unpaired) electrons. The van der Waals surface area contributed by atoms with Gasteiger partial charge in [0.2, 0.25) is 0 Å². The molecule has 3 rings (SSSR count). The molecule has 0 amide bonds. The van der Waals surface area contributed by atoms with Gasteiger partial charge in [0, 0.05) is 38.1 Å². The van der Waals surface area contributed by atoms with E-state index in [1.807, 2.05) is 6.20 Å². The van der Waals surface area contributed by atoms with E-state index in [-0.39, 0.29) is 0 Å². The van der Waals surface area contributed by atoms with Gasteiger partial charge in [0.25, 0.3) is 0 Å². The van der Waals surface area contributed by atoms with Gasteiger partial charge in [-0.2, -0.15) is 0 Å². The van der Waals surface area contributed by atoms with Crippen molar-refractivity contribution in [3.8, 4) is 0 Å². The summed E-state index contributed by atoms with van der Waals surface area (Å²) >= 11 is 0. The molecule has 1 aromatic rings. The maximum Gasteiger partial charge on any atom is 0.122 e. The van der Waals surface area contributed by atoms with Crippen molar-refractivity contribution in [2.24, 2.45) is 11.3 Å². The Kier molecular flexibility index (Phi) is 3.87. The molecule has 1 N–H and O–H groups in total. The van der Waals surface area contributed by atoms with Gasteiger partial charge in [0.15, 0.2) is 0 Å². The summed E-state index contributed by atoms with van der Waals surface area (Å²) in [5.41, 5.74) is 0.439. The summed E-state index contributed by atoms with van der Waals surface area (Å²) in [7, 11) is 0. The van der Waals surface area contributed by atoms with Gasteiger partial charge in [0.1, 0.15) is 5.82 Å². The Bertz CT molecular complexity index is 451. The minimum absolute atomic E-state index is 0.439. The van der Waals surface area contributed by atoms with E-state index in [0.717, 1.165) is 25.6 Å². The van der Waals surface area contributed by atoms with Gasteiger partial charge in [-0.25, -0.2) is 4.98 Å². The third-order valence-electron chi connectivity index (χ3n) is 5.21. The summed E-state index contributed by atoms with van der Waals surface area (Å²) in [4.78, 5) is 7.07. The number of imidazole rings is 1. The molecular weight excluding hydrogens is 248 g/mol. The second-order valence-corrected chi connectivity index (χ2v) is 7.09. The van der Waals surface area contributed by atoms with Crippen LogP contribution in [0.15, 0.2) is 12.4 Å². The van der Waals surface area contributed by atoms with Crippen molar-refractivity contribution >= 4 is 0 Å². The quantitative estimate of drug-likeness (QED) is 0.914. The van der Waals surface area contributed by atoms with Crippen molar-refractivity contribution in [1.29, 1.82) is 0 Å². The van der Waals surface area contributed by atoms with E-state index in [9.17, 15) is 0 Å². The van der Waals surface area contributed by atoms with E-state index in [1.165, 1.54) is 31.8 Å². The second kappa shape index (κ2) is 5.49. The molecule has 0 saturated heterocycles. The zero-order chi connectivity index (χ0) is 14.2. The molecule has 4 heteroatoms. The highest BCUT2D eigenvalue weighted by molar-refractivity contribution is 4.99. The Morgan fingerprint density at radius 2 is 2.25 bits per heavy atom. The third kappa shape index (κ3) is 2.63. The van der Waals surface area contributed by atoms with Crippen molar-refractivity contribution in [2.45, 2.75) is 52.7 Å². The number of nitrogens with one attached hydrogen (secondary N) is 1. The number of hydrogen-bond acceptors (Lipinski definition) is 3. The van der Waals surface area contributed by atoms with Crippen LogP contribution in [-0.4, -0.2) is 40.1 Å². The van der Waals surface area contributed by atoms with Gasteiger partial charge in [-0.15, -0.1) is 0 Å². The predicted molar refractivity (Wildman–Crippen MR) is 81.5 cm³/mol. The first-order chi connectivity index (χ1) is 9.60. The van der Waals surface area contributed by atoms with Crippen LogP contribution in [0.25, 0.3) is 0 Å². The Balaban J connectivity index is 1.63. The molecule has 0 aromatic carbocycles. The molecule has 4 nitrogen and oxygen atoms in total. The molecule has 1 aliphatic heterocycles. The molecule has 2 unspecified atom stereocenters. The summed E-state index contributed by atoms with van der Waals surface area (Å²) in [6.07, 6.45) is 6.74. The summed E-state index contributed by atoms with van der Waals surface area (Å²) in [5, 5.41) is 3.74. The lowest BCUT2D eigenvalue weighted by molar-refractivity contribution is 0.156. The second-order valence-electron chi connectivity index (χ2n) is 7.09. The van der Waals surface area contributed by atoms with Crippen molar-refractivity contribution in [1.82, 2.24) is 19.8 Å². The lowest BCUT2D eigenvalue weighted by Gasteiger charge is -2.35. The monoisotopic (exact) mass is 276 g/mol. The van der Waals surface area contributed by atoms with Crippen molar-refractivity contribution in [2.75, 3.05) is 19.6 Å². The number of nitrogens with zero attached hydrogens (tertiary/aromatic N) is 3. The average molecular weight is 276 g/mol. The maximum absolute atomic E-state index is 4.47. The Morgan fingerprint density at radius 3 is 3.05 bits per heavy atom. The van der Waals surface area contributed by atoms with Crippen LogP contribution in [0.5, 0.6) is 0 Å². The third-order valence-corrected chi connectivity index (χ3v) is 5.21. The first-order valence-corrected chi connectivity index (χ1v) is 8.06. The Labute approximate surface area is 122 Å². The van der Waals surface area contributed by atoms with Crippen molar-refractivity contribution in [3.63, 3.8) is 0 Å². The van der Waals surface area contributed by atoms with Crippen molar-refractivity contribution in [3.05, 3.63) is 18.2 Å². The van der Waals surface area contributed by atoms with Gasteiger partial charge in [0.05, 0.1) is 6.54 Å². The van der Waals surface area contributed by atoms with Crippen LogP contribution in [0.1, 0.15) is 39.4 Å². The molecule has 2 atom stereocenters. The minimum atomic E-state index is 0.439. The fourth-order valence-electron chi connectivity index (χ4n) is 4.09. The van der Waals surface area contributed by atoms with Gasteiger partial charge < -0.3 is 9.88 Å². The van der Waals surface area contributed by atoms with Crippen LogP contribution in [-0.2, 0) is 13.1 Å². The molecular formula is C16H28N4. The predicted octanol–water partition coefficient (Wildman–Crippen LogP) is 2.11. The SMILES string of the molecule is CCNC1C(CN2CCn3ccnc3C2)CCC1(C)C. The zero-order valence-electron chi connectivity index (χ0n) is 13.1. The highest BCUT2D eigenvalue weighted by Crippen LogP contribution is 2.41.